The van der Waals surface area contributed by atoms with Gasteiger partial charge in [-0.1, -0.05) is 5.16 Å². The zero-order valence-corrected chi connectivity index (χ0v) is 15.4. The number of aryl methyl sites for hydroxylation is 1. The van der Waals surface area contributed by atoms with Gasteiger partial charge in [-0.15, -0.1) is 0 Å². The van der Waals surface area contributed by atoms with E-state index in [1.807, 2.05) is 30.0 Å². The molecule has 1 aromatic heterocycles. The number of nitrogens with zero attached hydrogens (tertiary/aromatic N) is 3. The monoisotopic (exact) mass is 393 g/mol. The van der Waals surface area contributed by atoms with Gasteiger partial charge in [0.2, 0.25) is 0 Å². The SMILES string of the molecule is COc1ccc(Br)c(C(=O)N2CCN(Cc3cc(C)no3)CC2)c1. The van der Waals surface area contributed by atoms with E-state index < -0.39 is 0 Å². The third kappa shape index (κ3) is 3.79. The van der Waals surface area contributed by atoms with E-state index in [1.165, 1.54) is 0 Å². The van der Waals surface area contributed by atoms with E-state index in [2.05, 4.69) is 26.0 Å². The summed E-state index contributed by atoms with van der Waals surface area (Å²) in [5.74, 6) is 1.57. The summed E-state index contributed by atoms with van der Waals surface area (Å²) >= 11 is 3.45. The minimum Gasteiger partial charge on any atom is -0.497 e. The van der Waals surface area contributed by atoms with Crippen molar-refractivity contribution < 1.29 is 14.1 Å². The molecule has 0 radical (unpaired) electrons. The summed E-state index contributed by atoms with van der Waals surface area (Å²) in [6.45, 7) is 5.65. The fraction of sp³-hybridized carbons (Fsp3) is 0.412. The number of piperazine rings is 1. The van der Waals surface area contributed by atoms with E-state index in [4.69, 9.17) is 9.26 Å². The molecule has 1 aromatic carbocycles. The molecule has 24 heavy (non-hydrogen) atoms. The average Bonchev–Trinajstić information content (AvgIpc) is 3.00. The number of carbonyl (C=O) groups excluding carboxylic acids is 1. The molecule has 2 aromatic rings. The second kappa shape index (κ2) is 7.36. The van der Waals surface area contributed by atoms with Crippen molar-refractivity contribution in [1.82, 2.24) is 15.0 Å². The summed E-state index contributed by atoms with van der Waals surface area (Å²) < 4.78 is 11.3. The first-order valence-corrected chi connectivity index (χ1v) is 8.63. The number of benzene rings is 1. The fourth-order valence-corrected chi connectivity index (χ4v) is 3.20. The topological polar surface area (TPSA) is 58.8 Å². The van der Waals surface area contributed by atoms with Crippen molar-refractivity contribution in [1.29, 1.82) is 0 Å². The molecule has 0 N–H and O–H groups in total. The van der Waals surface area contributed by atoms with Crippen molar-refractivity contribution in [3.05, 3.63) is 45.8 Å². The third-order valence-electron chi connectivity index (χ3n) is 4.12. The van der Waals surface area contributed by atoms with Crippen LogP contribution >= 0.6 is 15.9 Å². The van der Waals surface area contributed by atoms with Crippen LogP contribution in [0.5, 0.6) is 5.75 Å². The van der Waals surface area contributed by atoms with Crippen molar-refractivity contribution in [3.8, 4) is 5.75 Å². The van der Waals surface area contributed by atoms with E-state index in [0.29, 0.717) is 24.4 Å². The van der Waals surface area contributed by atoms with Crippen molar-refractivity contribution in [2.24, 2.45) is 0 Å². The van der Waals surface area contributed by atoms with Crippen LogP contribution in [0.4, 0.5) is 0 Å². The molecule has 0 bridgehead atoms. The number of amides is 1. The van der Waals surface area contributed by atoms with Crippen LogP contribution in [0.2, 0.25) is 0 Å². The van der Waals surface area contributed by atoms with Gasteiger partial charge in [0.25, 0.3) is 5.91 Å². The molecule has 1 fully saturated rings. The minimum atomic E-state index is 0.0240. The third-order valence-corrected chi connectivity index (χ3v) is 4.81. The summed E-state index contributed by atoms with van der Waals surface area (Å²) in [5, 5.41) is 3.91. The lowest BCUT2D eigenvalue weighted by molar-refractivity contribution is 0.0616. The molecule has 0 atom stereocenters. The van der Waals surface area contributed by atoms with E-state index in [9.17, 15) is 4.79 Å². The zero-order chi connectivity index (χ0) is 17.1. The predicted octanol–water partition coefficient (Wildman–Crippen LogP) is 2.71. The van der Waals surface area contributed by atoms with E-state index in [-0.39, 0.29) is 5.91 Å². The van der Waals surface area contributed by atoms with E-state index >= 15 is 0 Å². The van der Waals surface area contributed by atoms with Gasteiger partial charge in [-0.3, -0.25) is 9.69 Å². The highest BCUT2D eigenvalue weighted by Crippen LogP contribution is 2.24. The molecule has 1 saturated heterocycles. The lowest BCUT2D eigenvalue weighted by Crippen LogP contribution is -2.48. The Morgan fingerprint density at radius 3 is 2.67 bits per heavy atom. The Balaban J connectivity index is 1.61. The Morgan fingerprint density at radius 2 is 2.04 bits per heavy atom. The fourth-order valence-electron chi connectivity index (χ4n) is 2.79. The first-order chi connectivity index (χ1) is 11.6. The first-order valence-electron chi connectivity index (χ1n) is 7.84. The molecule has 0 spiro atoms. The van der Waals surface area contributed by atoms with Crippen LogP contribution in [-0.2, 0) is 6.54 Å². The highest BCUT2D eigenvalue weighted by molar-refractivity contribution is 9.10. The van der Waals surface area contributed by atoms with Gasteiger partial charge in [0.15, 0.2) is 5.76 Å². The maximum atomic E-state index is 12.8. The summed E-state index contributed by atoms with van der Waals surface area (Å²) in [4.78, 5) is 16.9. The molecule has 3 rings (SSSR count). The summed E-state index contributed by atoms with van der Waals surface area (Å²) in [5.41, 5.74) is 1.52. The molecule has 1 amide bonds. The molecular formula is C17H20BrN3O3. The van der Waals surface area contributed by atoms with Crippen LogP contribution in [0.3, 0.4) is 0 Å². The summed E-state index contributed by atoms with van der Waals surface area (Å²) in [6, 6.07) is 7.40. The van der Waals surface area contributed by atoms with Crippen molar-refractivity contribution in [2.45, 2.75) is 13.5 Å². The number of methoxy groups -OCH3 is 1. The zero-order valence-electron chi connectivity index (χ0n) is 13.8. The van der Waals surface area contributed by atoms with Crippen molar-refractivity contribution >= 4 is 21.8 Å². The van der Waals surface area contributed by atoms with Gasteiger partial charge in [-0.2, -0.15) is 0 Å². The number of carbonyl (C=O) groups is 1. The number of ether oxygens (including phenoxy) is 1. The highest BCUT2D eigenvalue weighted by atomic mass is 79.9. The molecule has 128 valence electrons. The van der Waals surface area contributed by atoms with Crippen LogP contribution in [-0.4, -0.2) is 54.2 Å². The van der Waals surface area contributed by atoms with E-state index in [1.54, 1.807) is 13.2 Å². The van der Waals surface area contributed by atoms with Crippen LogP contribution in [0.15, 0.2) is 33.3 Å². The van der Waals surface area contributed by atoms with Gasteiger partial charge in [0, 0.05) is 36.7 Å². The molecular weight excluding hydrogens is 374 g/mol. The molecule has 6 nitrogen and oxygen atoms in total. The number of halogens is 1. The van der Waals surface area contributed by atoms with Crippen LogP contribution in [0.1, 0.15) is 21.8 Å². The maximum Gasteiger partial charge on any atom is 0.255 e. The second-order valence-electron chi connectivity index (χ2n) is 5.85. The Kier molecular flexibility index (Phi) is 5.20. The Bertz CT molecular complexity index is 724. The van der Waals surface area contributed by atoms with Crippen LogP contribution < -0.4 is 4.74 Å². The highest BCUT2D eigenvalue weighted by Gasteiger charge is 2.24. The Hall–Kier alpha value is -1.86. The van der Waals surface area contributed by atoms with Gasteiger partial charge in [-0.25, -0.2) is 0 Å². The molecule has 7 heteroatoms. The molecule has 2 heterocycles. The molecule has 0 aliphatic carbocycles. The summed E-state index contributed by atoms with van der Waals surface area (Å²) in [6.07, 6.45) is 0. The Morgan fingerprint density at radius 1 is 1.29 bits per heavy atom. The second-order valence-corrected chi connectivity index (χ2v) is 6.70. The van der Waals surface area contributed by atoms with Crippen molar-refractivity contribution in [2.75, 3.05) is 33.3 Å². The lowest BCUT2D eigenvalue weighted by atomic mass is 10.1. The van der Waals surface area contributed by atoms with Crippen molar-refractivity contribution in [3.63, 3.8) is 0 Å². The number of hydrogen-bond acceptors (Lipinski definition) is 5. The first kappa shape index (κ1) is 17.0. The van der Waals surface area contributed by atoms with Crippen LogP contribution in [0, 0.1) is 6.92 Å². The number of rotatable bonds is 4. The normalized spacial score (nSPS) is 15.5. The predicted molar refractivity (Wildman–Crippen MR) is 93.1 cm³/mol. The van der Waals surface area contributed by atoms with Gasteiger partial charge in [0.05, 0.1) is 24.9 Å². The van der Waals surface area contributed by atoms with Gasteiger partial charge in [-0.05, 0) is 41.1 Å². The standard InChI is InChI=1S/C17H20BrN3O3/c1-12-9-14(24-19-12)11-20-5-7-21(8-6-20)17(22)15-10-13(23-2)3-4-16(15)18/h3-4,9-10H,5-8,11H2,1-2H3. The number of aromatic nitrogens is 1. The molecule has 1 aliphatic heterocycles. The number of hydrogen-bond donors (Lipinski definition) is 0. The minimum absolute atomic E-state index is 0.0240. The van der Waals surface area contributed by atoms with Crippen LogP contribution in [0.25, 0.3) is 0 Å². The van der Waals surface area contributed by atoms with E-state index in [0.717, 1.165) is 35.6 Å². The van der Waals surface area contributed by atoms with Gasteiger partial charge in [0.1, 0.15) is 5.75 Å². The molecule has 0 saturated carbocycles. The smallest absolute Gasteiger partial charge is 0.255 e. The Labute approximate surface area is 149 Å². The molecule has 1 aliphatic rings. The lowest BCUT2D eigenvalue weighted by Gasteiger charge is -2.34. The van der Waals surface area contributed by atoms with Gasteiger partial charge >= 0.3 is 0 Å². The quantitative estimate of drug-likeness (QED) is 0.798. The molecule has 0 unspecified atom stereocenters. The summed E-state index contributed by atoms with van der Waals surface area (Å²) in [7, 11) is 1.60. The maximum absolute atomic E-state index is 12.8. The average molecular weight is 394 g/mol. The van der Waals surface area contributed by atoms with Gasteiger partial charge < -0.3 is 14.2 Å². The largest absolute Gasteiger partial charge is 0.497 e.